The van der Waals surface area contributed by atoms with E-state index in [9.17, 15) is 9.59 Å². The quantitative estimate of drug-likeness (QED) is 0.515. The van der Waals surface area contributed by atoms with Crippen LogP contribution in [0.1, 0.15) is 11.1 Å². The second kappa shape index (κ2) is 8.25. The molecule has 0 aliphatic carbocycles. The normalized spacial score (nSPS) is 10.7. The molecule has 1 heterocycles. The van der Waals surface area contributed by atoms with Crippen LogP contribution in [0.15, 0.2) is 82.0 Å². The molecule has 5 heteroatoms. The predicted molar refractivity (Wildman–Crippen MR) is 118 cm³/mol. The van der Waals surface area contributed by atoms with Gasteiger partial charge in [0.1, 0.15) is 17.1 Å². The van der Waals surface area contributed by atoms with Crippen LogP contribution in [0, 0.1) is 6.92 Å². The lowest BCUT2D eigenvalue weighted by Gasteiger charge is -2.08. The van der Waals surface area contributed by atoms with Gasteiger partial charge in [0.05, 0.1) is 18.9 Å². The first-order valence-corrected chi connectivity index (χ1v) is 9.59. The third kappa shape index (κ3) is 4.25. The molecule has 0 bridgehead atoms. The summed E-state index contributed by atoms with van der Waals surface area (Å²) in [5, 5.41) is 3.27. The van der Waals surface area contributed by atoms with Crippen molar-refractivity contribution in [1.82, 2.24) is 0 Å². The summed E-state index contributed by atoms with van der Waals surface area (Å²) >= 11 is 0. The number of hydrogen-bond acceptors (Lipinski definition) is 4. The molecular formula is C25H21NO4. The maximum Gasteiger partial charge on any atom is 0.228 e. The summed E-state index contributed by atoms with van der Waals surface area (Å²) in [5.41, 5.74) is 3.69. The molecule has 0 radical (unpaired) electrons. The van der Waals surface area contributed by atoms with Crippen molar-refractivity contribution in [2.75, 3.05) is 12.4 Å². The number of carbonyl (C=O) groups excluding carboxylic acids is 1. The topological polar surface area (TPSA) is 68.5 Å². The standard InChI is InChI=1S/C25H21NO4/c1-16-4-3-5-18(12-16)24-15-22(27)21-14-19(8-11-23(21)30-24)26-25(28)13-17-6-9-20(29-2)10-7-17/h3-12,14-15H,13H2,1-2H3,(H,26,28). The largest absolute Gasteiger partial charge is 0.497 e. The fourth-order valence-corrected chi connectivity index (χ4v) is 3.31. The maximum absolute atomic E-state index is 12.7. The Kier molecular flexibility index (Phi) is 5.35. The van der Waals surface area contributed by atoms with Crippen molar-refractivity contribution >= 4 is 22.6 Å². The van der Waals surface area contributed by atoms with Crippen molar-refractivity contribution in [3.63, 3.8) is 0 Å². The first-order chi connectivity index (χ1) is 14.5. The molecule has 30 heavy (non-hydrogen) atoms. The van der Waals surface area contributed by atoms with E-state index in [1.165, 1.54) is 6.07 Å². The zero-order valence-electron chi connectivity index (χ0n) is 16.8. The van der Waals surface area contributed by atoms with Crippen molar-refractivity contribution in [2.45, 2.75) is 13.3 Å². The molecule has 4 aromatic rings. The van der Waals surface area contributed by atoms with Crippen LogP contribution in [0.3, 0.4) is 0 Å². The van der Waals surface area contributed by atoms with Crippen LogP contribution >= 0.6 is 0 Å². The number of amides is 1. The molecule has 5 nitrogen and oxygen atoms in total. The molecule has 0 saturated heterocycles. The lowest BCUT2D eigenvalue weighted by atomic mass is 10.1. The van der Waals surface area contributed by atoms with Gasteiger partial charge in [0.15, 0.2) is 5.43 Å². The second-order valence-electron chi connectivity index (χ2n) is 7.13. The van der Waals surface area contributed by atoms with E-state index in [4.69, 9.17) is 9.15 Å². The molecule has 1 N–H and O–H groups in total. The van der Waals surface area contributed by atoms with E-state index in [-0.39, 0.29) is 17.8 Å². The summed E-state index contributed by atoms with van der Waals surface area (Å²) in [6.07, 6.45) is 0.225. The Bertz CT molecular complexity index is 1270. The second-order valence-corrected chi connectivity index (χ2v) is 7.13. The molecule has 0 aliphatic rings. The summed E-state index contributed by atoms with van der Waals surface area (Å²) in [5.74, 6) is 1.10. The number of aryl methyl sites for hydroxylation is 1. The molecule has 1 aromatic heterocycles. The third-order valence-electron chi connectivity index (χ3n) is 4.84. The summed E-state index contributed by atoms with van der Waals surface area (Å²) in [6, 6.07) is 21.7. The first kappa shape index (κ1) is 19.5. The molecule has 0 aliphatic heterocycles. The predicted octanol–water partition coefficient (Wildman–Crippen LogP) is 4.96. The van der Waals surface area contributed by atoms with Gasteiger partial charge in [-0.3, -0.25) is 9.59 Å². The molecule has 0 saturated carbocycles. The Hall–Kier alpha value is -3.86. The number of benzene rings is 3. The summed E-state index contributed by atoms with van der Waals surface area (Å²) in [7, 11) is 1.60. The van der Waals surface area contributed by atoms with Crippen molar-refractivity contribution in [2.24, 2.45) is 0 Å². The van der Waals surface area contributed by atoms with Gasteiger partial charge in [-0.15, -0.1) is 0 Å². The molecule has 0 spiro atoms. The number of fused-ring (bicyclic) bond motifs is 1. The van der Waals surface area contributed by atoms with Gasteiger partial charge in [-0.2, -0.15) is 0 Å². The Morgan fingerprint density at radius 1 is 1.00 bits per heavy atom. The molecule has 3 aromatic carbocycles. The fraction of sp³-hybridized carbons (Fsp3) is 0.120. The molecule has 4 rings (SSSR count). The van der Waals surface area contributed by atoms with Gasteiger partial charge in [-0.25, -0.2) is 0 Å². The molecule has 0 unspecified atom stereocenters. The van der Waals surface area contributed by atoms with Crippen LogP contribution in [0.4, 0.5) is 5.69 Å². The highest BCUT2D eigenvalue weighted by Crippen LogP contribution is 2.24. The van der Waals surface area contributed by atoms with Crippen molar-refractivity contribution in [3.8, 4) is 17.1 Å². The summed E-state index contributed by atoms with van der Waals surface area (Å²) < 4.78 is 11.1. The third-order valence-corrected chi connectivity index (χ3v) is 4.84. The Morgan fingerprint density at radius 2 is 1.80 bits per heavy atom. The smallest absolute Gasteiger partial charge is 0.228 e. The van der Waals surface area contributed by atoms with Crippen molar-refractivity contribution in [3.05, 3.63) is 94.1 Å². The van der Waals surface area contributed by atoms with Crippen molar-refractivity contribution in [1.29, 1.82) is 0 Å². The number of methoxy groups -OCH3 is 1. The number of nitrogens with one attached hydrogen (secondary N) is 1. The highest BCUT2D eigenvalue weighted by molar-refractivity contribution is 5.94. The Morgan fingerprint density at radius 3 is 2.53 bits per heavy atom. The highest BCUT2D eigenvalue weighted by Gasteiger charge is 2.10. The molecular weight excluding hydrogens is 378 g/mol. The average Bonchev–Trinajstić information content (AvgIpc) is 2.74. The first-order valence-electron chi connectivity index (χ1n) is 9.59. The summed E-state index contributed by atoms with van der Waals surface area (Å²) in [6.45, 7) is 1.99. The molecule has 0 fully saturated rings. The highest BCUT2D eigenvalue weighted by atomic mass is 16.5. The minimum atomic E-state index is -0.166. The van der Waals surface area contributed by atoms with Crippen LogP contribution < -0.4 is 15.5 Å². The maximum atomic E-state index is 12.7. The van der Waals surface area contributed by atoms with E-state index in [1.54, 1.807) is 25.3 Å². The van der Waals surface area contributed by atoms with E-state index in [2.05, 4.69) is 5.32 Å². The molecule has 0 atom stereocenters. The van der Waals surface area contributed by atoms with Gasteiger partial charge in [0.2, 0.25) is 5.91 Å². The van der Waals surface area contributed by atoms with Gasteiger partial charge >= 0.3 is 0 Å². The fourth-order valence-electron chi connectivity index (χ4n) is 3.31. The van der Waals surface area contributed by atoms with E-state index >= 15 is 0 Å². The number of ether oxygens (including phenoxy) is 1. The zero-order valence-corrected chi connectivity index (χ0v) is 16.8. The lowest BCUT2D eigenvalue weighted by molar-refractivity contribution is -0.115. The van der Waals surface area contributed by atoms with Gasteiger partial charge in [-0.05, 0) is 48.9 Å². The van der Waals surface area contributed by atoms with E-state index in [1.807, 2.05) is 55.5 Å². The van der Waals surface area contributed by atoms with Crippen LogP contribution in [-0.4, -0.2) is 13.0 Å². The van der Waals surface area contributed by atoms with Crippen molar-refractivity contribution < 1.29 is 13.9 Å². The minimum Gasteiger partial charge on any atom is -0.497 e. The molecule has 150 valence electrons. The molecule has 1 amide bonds. The lowest BCUT2D eigenvalue weighted by Crippen LogP contribution is -2.14. The zero-order chi connectivity index (χ0) is 21.1. The Balaban J connectivity index is 1.55. The summed E-state index contributed by atoms with van der Waals surface area (Å²) in [4.78, 5) is 25.0. The van der Waals surface area contributed by atoms with E-state index in [0.717, 1.165) is 22.4 Å². The number of hydrogen-bond donors (Lipinski definition) is 1. The monoisotopic (exact) mass is 399 g/mol. The van der Waals surface area contributed by atoms with Crippen LogP contribution in [0.5, 0.6) is 5.75 Å². The van der Waals surface area contributed by atoms with Gasteiger partial charge in [-0.1, -0.05) is 35.9 Å². The van der Waals surface area contributed by atoms with E-state index < -0.39 is 0 Å². The van der Waals surface area contributed by atoms with E-state index in [0.29, 0.717) is 22.4 Å². The van der Waals surface area contributed by atoms with Gasteiger partial charge in [0, 0.05) is 17.3 Å². The number of carbonyl (C=O) groups is 1. The van der Waals surface area contributed by atoms with Gasteiger partial charge < -0.3 is 14.5 Å². The number of anilines is 1. The Labute approximate surface area is 173 Å². The minimum absolute atomic E-state index is 0.154. The van der Waals surface area contributed by atoms with Crippen LogP contribution in [0.25, 0.3) is 22.3 Å². The SMILES string of the molecule is COc1ccc(CC(=O)Nc2ccc3oc(-c4cccc(C)c4)cc(=O)c3c2)cc1. The van der Waals surface area contributed by atoms with Gasteiger partial charge in [0.25, 0.3) is 0 Å². The van der Waals surface area contributed by atoms with Crippen LogP contribution in [-0.2, 0) is 11.2 Å². The van der Waals surface area contributed by atoms with Crippen LogP contribution in [0.2, 0.25) is 0 Å². The number of rotatable bonds is 5. The average molecular weight is 399 g/mol.